The number of nitro groups is 1. The standard InChI is InChI=1S/C15H12FN3O4/c16-12-3-1-10(2-4-12)7-15(21)18-17-9-11-8-13(19(22)23)5-6-14(11)20/h1-6,8-9,20H,7H2,(H,18,21)/b17-9-. The lowest BCUT2D eigenvalue weighted by Gasteiger charge is -2.01. The maximum atomic E-state index is 12.7. The molecule has 0 radical (unpaired) electrons. The van der Waals surface area contributed by atoms with Crippen molar-refractivity contribution in [3.8, 4) is 5.75 Å². The highest BCUT2D eigenvalue weighted by Gasteiger charge is 2.09. The van der Waals surface area contributed by atoms with Crippen LogP contribution < -0.4 is 5.43 Å². The molecule has 0 saturated heterocycles. The molecule has 0 atom stereocenters. The number of phenolic OH excluding ortho intramolecular Hbond substituents is 1. The lowest BCUT2D eigenvalue weighted by Crippen LogP contribution is -2.19. The number of halogens is 1. The number of rotatable bonds is 5. The van der Waals surface area contributed by atoms with Crippen molar-refractivity contribution in [2.24, 2.45) is 5.10 Å². The monoisotopic (exact) mass is 317 g/mol. The third-order valence-electron chi connectivity index (χ3n) is 2.89. The van der Waals surface area contributed by atoms with E-state index in [-0.39, 0.29) is 23.4 Å². The van der Waals surface area contributed by atoms with Crippen LogP contribution in [0.3, 0.4) is 0 Å². The first-order valence-electron chi connectivity index (χ1n) is 6.49. The minimum Gasteiger partial charge on any atom is -0.507 e. The van der Waals surface area contributed by atoms with Gasteiger partial charge in [0.25, 0.3) is 5.69 Å². The van der Waals surface area contributed by atoms with Crippen molar-refractivity contribution < 1.29 is 19.2 Å². The van der Waals surface area contributed by atoms with Crippen molar-refractivity contribution >= 4 is 17.8 Å². The second-order valence-electron chi connectivity index (χ2n) is 4.60. The van der Waals surface area contributed by atoms with Crippen molar-refractivity contribution in [1.82, 2.24) is 5.43 Å². The average molecular weight is 317 g/mol. The second kappa shape index (κ2) is 7.12. The Morgan fingerprint density at radius 1 is 1.30 bits per heavy atom. The maximum absolute atomic E-state index is 12.7. The fourth-order valence-electron chi connectivity index (χ4n) is 1.76. The molecule has 7 nitrogen and oxygen atoms in total. The van der Waals surface area contributed by atoms with Gasteiger partial charge in [0.2, 0.25) is 5.91 Å². The highest BCUT2D eigenvalue weighted by Crippen LogP contribution is 2.21. The van der Waals surface area contributed by atoms with Gasteiger partial charge in [0.1, 0.15) is 11.6 Å². The molecule has 23 heavy (non-hydrogen) atoms. The summed E-state index contributed by atoms with van der Waals surface area (Å²) >= 11 is 0. The van der Waals surface area contributed by atoms with Crippen molar-refractivity contribution in [1.29, 1.82) is 0 Å². The molecule has 2 aromatic carbocycles. The van der Waals surface area contributed by atoms with Crippen LogP contribution in [0, 0.1) is 15.9 Å². The molecule has 118 valence electrons. The van der Waals surface area contributed by atoms with E-state index >= 15 is 0 Å². The van der Waals surface area contributed by atoms with E-state index in [1.165, 1.54) is 30.3 Å². The molecule has 0 aliphatic carbocycles. The van der Waals surface area contributed by atoms with Gasteiger partial charge in [-0.3, -0.25) is 14.9 Å². The summed E-state index contributed by atoms with van der Waals surface area (Å²) in [4.78, 5) is 21.7. The van der Waals surface area contributed by atoms with Gasteiger partial charge in [-0.1, -0.05) is 12.1 Å². The molecular formula is C15H12FN3O4. The normalized spacial score (nSPS) is 10.7. The van der Waals surface area contributed by atoms with Crippen LogP contribution in [0.1, 0.15) is 11.1 Å². The number of hydrogen-bond donors (Lipinski definition) is 2. The molecule has 0 aliphatic rings. The smallest absolute Gasteiger partial charge is 0.270 e. The average Bonchev–Trinajstić information content (AvgIpc) is 2.51. The van der Waals surface area contributed by atoms with Crippen molar-refractivity contribution in [2.45, 2.75) is 6.42 Å². The Bertz CT molecular complexity index is 760. The molecule has 0 unspecified atom stereocenters. The van der Waals surface area contributed by atoms with Crippen LogP contribution in [0.15, 0.2) is 47.6 Å². The van der Waals surface area contributed by atoms with Crippen molar-refractivity contribution in [2.75, 3.05) is 0 Å². The number of nitro benzene ring substituents is 1. The van der Waals surface area contributed by atoms with E-state index < -0.39 is 16.6 Å². The summed E-state index contributed by atoms with van der Waals surface area (Å²) in [6.45, 7) is 0. The molecule has 8 heteroatoms. The number of hydrazone groups is 1. The van der Waals surface area contributed by atoms with Crippen molar-refractivity contribution in [3.05, 3.63) is 69.5 Å². The number of aromatic hydroxyl groups is 1. The van der Waals surface area contributed by atoms with Gasteiger partial charge in [0, 0.05) is 17.7 Å². The molecule has 2 aromatic rings. The van der Waals surface area contributed by atoms with Gasteiger partial charge in [0.15, 0.2) is 0 Å². The molecule has 0 bridgehead atoms. The number of amides is 1. The molecule has 2 N–H and O–H groups in total. The van der Waals surface area contributed by atoms with Gasteiger partial charge >= 0.3 is 0 Å². The highest BCUT2D eigenvalue weighted by molar-refractivity contribution is 5.86. The lowest BCUT2D eigenvalue weighted by molar-refractivity contribution is -0.384. The molecule has 0 saturated carbocycles. The lowest BCUT2D eigenvalue weighted by atomic mass is 10.1. The largest absolute Gasteiger partial charge is 0.507 e. The summed E-state index contributed by atoms with van der Waals surface area (Å²) in [6.07, 6.45) is 1.10. The minimum atomic E-state index is -0.607. The Kier molecular flexibility index (Phi) is 4.98. The Labute approximate surface area is 130 Å². The summed E-state index contributed by atoms with van der Waals surface area (Å²) in [6, 6.07) is 8.89. The van der Waals surface area contributed by atoms with Crippen LogP contribution in [0.4, 0.5) is 10.1 Å². The van der Waals surface area contributed by atoms with Crippen LogP contribution >= 0.6 is 0 Å². The van der Waals surface area contributed by atoms with Gasteiger partial charge in [-0.15, -0.1) is 0 Å². The fourth-order valence-corrected chi connectivity index (χ4v) is 1.76. The molecule has 0 aromatic heterocycles. The Morgan fingerprint density at radius 3 is 2.65 bits per heavy atom. The quantitative estimate of drug-likeness (QED) is 0.500. The summed E-state index contributed by atoms with van der Waals surface area (Å²) in [7, 11) is 0. The van der Waals surface area contributed by atoms with Crippen LogP contribution in [0.25, 0.3) is 0 Å². The van der Waals surface area contributed by atoms with Gasteiger partial charge < -0.3 is 5.11 Å². The summed E-state index contributed by atoms with van der Waals surface area (Å²) in [5.41, 5.74) is 2.73. The summed E-state index contributed by atoms with van der Waals surface area (Å²) < 4.78 is 12.7. The van der Waals surface area contributed by atoms with Crippen LogP contribution in [0.5, 0.6) is 5.75 Å². The fraction of sp³-hybridized carbons (Fsp3) is 0.0667. The molecular weight excluding hydrogens is 305 g/mol. The zero-order chi connectivity index (χ0) is 16.8. The SMILES string of the molecule is O=C(Cc1ccc(F)cc1)N/N=C\c1cc([N+](=O)[O-])ccc1O. The third-order valence-corrected chi connectivity index (χ3v) is 2.89. The number of hydrogen-bond acceptors (Lipinski definition) is 5. The first-order chi connectivity index (χ1) is 11.0. The number of phenols is 1. The van der Waals surface area contributed by atoms with E-state index in [1.807, 2.05) is 0 Å². The van der Waals surface area contributed by atoms with Gasteiger partial charge in [-0.05, 0) is 23.8 Å². The zero-order valence-corrected chi connectivity index (χ0v) is 11.8. The second-order valence-corrected chi connectivity index (χ2v) is 4.60. The molecule has 2 rings (SSSR count). The topological polar surface area (TPSA) is 105 Å². The Balaban J connectivity index is 1.98. The molecule has 0 spiro atoms. The van der Waals surface area contributed by atoms with Gasteiger partial charge in [-0.25, -0.2) is 9.82 Å². The third kappa shape index (κ3) is 4.60. The van der Waals surface area contributed by atoms with Crippen LogP contribution in [0.2, 0.25) is 0 Å². The van der Waals surface area contributed by atoms with Gasteiger partial charge in [0.05, 0.1) is 17.6 Å². The predicted molar refractivity (Wildman–Crippen MR) is 80.6 cm³/mol. The predicted octanol–water partition coefficient (Wildman–Crippen LogP) is 2.13. The van der Waals surface area contributed by atoms with E-state index in [4.69, 9.17) is 0 Å². The number of carbonyl (C=O) groups is 1. The minimum absolute atomic E-state index is 0.00145. The van der Waals surface area contributed by atoms with E-state index in [1.54, 1.807) is 0 Å². The van der Waals surface area contributed by atoms with E-state index in [2.05, 4.69) is 10.5 Å². The van der Waals surface area contributed by atoms with E-state index in [9.17, 15) is 24.4 Å². The Hall–Kier alpha value is -3.29. The molecule has 0 heterocycles. The summed E-state index contributed by atoms with van der Waals surface area (Å²) in [5.74, 6) is -1.04. The molecule has 0 aliphatic heterocycles. The van der Waals surface area contributed by atoms with Crippen LogP contribution in [-0.4, -0.2) is 22.2 Å². The van der Waals surface area contributed by atoms with Crippen LogP contribution in [-0.2, 0) is 11.2 Å². The van der Waals surface area contributed by atoms with Gasteiger partial charge in [-0.2, -0.15) is 5.10 Å². The van der Waals surface area contributed by atoms with E-state index in [0.717, 1.165) is 18.3 Å². The Morgan fingerprint density at radius 2 is 2.00 bits per heavy atom. The zero-order valence-electron chi connectivity index (χ0n) is 11.8. The number of nitrogens with zero attached hydrogens (tertiary/aromatic N) is 2. The number of benzene rings is 2. The number of non-ortho nitro benzene ring substituents is 1. The first kappa shape index (κ1) is 16.1. The molecule has 1 amide bonds. The van der Waals surface area contributed by atoms with E-state index in [0.29, 0.717) is 5.56 Å². The highest BCUT2D eigenvalue weighted by atomic mass is 19.1. The number of nitrogens with one attached hydrogen (secondary N) is 1. The van der Waals surface area contributed by atoms with Crippen molar-refractivity contribution in [3.63, 3.8) is 0 Å². The number of carbonyl (C=O) groups excluding carboxylic acids is 1. The molecule has 0 fully saturated rings. The maximum Gasteiger partial charge on any atom is 0.270 e. The summed E-state index contributed by atoms with van der Waals surface area (Å²) in [5, 5.41) is 23.9. The first-order valence-corrected chi connectivity index (χ1v) is 6.49.